The average Bonchev–Trinajstić information content (AvgIpc) is 2.33. The number of hydrogen-bond acceptors (Lipinski definition) is 3. The topological polar surface area (TPSA) is 62.1 Å². The fraction of sp³-hybridized carbons (Fsp3) is 0.333. The van der Waals surface area contributed by atoms with Gasteiger partial charge in [-0.2, -0.15) is 5.26 Å². The van der Waals surface area contributed by atoms with E-state index < -0.39 is 11.7 Å². The summed E-state index contributed by atoms with van der Waals surface area (Å²) >= 11 is 5.97. The van der Waals surface area contributed by atoms with Gasteiger partial charge in [-0.05, 0) is 39.0 Å². The van der Waals surface area contributed by atoms with E-state index in [0.29, 0.717) is 16.1 Å². The van der Waals surface area contributed by atoms with Crippen LogP contribution in [0.15, 0.2) is 18.2 Å². The average molecular weight is 291 g/mol. The van der Waals surface area contributed by atoms with Crippen LogP contribution in [0.2, 0.25) is 5.02 Å². The Labute approximate surface area is 123 Å². The molecule has 0 aromatic heterocycles. The molecule has 4 nitrogen and oxygen atoms in total. The van der Waals surface area contributed by atoms with Crippen molar-refractivity contribution < 1.29 is 9.53 Å². The van der Waals surface area contributed by atoms with Crippen LogP contribution in [0.3, 0.4) is 0 Å². The number of nitrogens with one attached hydrogen (secondary N) is 1. The second-order valence-corrected chi connectivity index (χ2v) is 5.37. The van der Waals surface area contributed by atoms with E-state index >= 15 is 0 Å². The maximum absolute atomic E-state index is 11.4. The van der Waals surface area contributed by atoms with Crippen molar-refractivity contribution in [2.75, 3.05) is 6.54 Å². The van der Waals surface area contributed by atoms with Crippen LogP contribution in [0.1, 0.15) is 31.9 Å². The summed E-state index contributed by atoms with van der Waals surface area (Å²) in [5.74, 6) is 5.59. The lowest BCUT2D eigenvalue weighted by atomic mass is 10.1. The van der Waals surface area contributed by atoms with Crippen LogP contribution in [0, 0.1) is 23.2 Å². The number of carbonyl (C=O) groups excluding carboxylic acids is 1. The number of nitrogens with zero attached hydrogens (tertiary/aromatic N) is 1. The van der Waals surface area contributed by atoms with Crippen molar-refractivity contribution in [2.24, 2.45) is 0 Å². The number of carbonyl (C=O) groups is 1. The number of ether oxygens (including phenoxy) is 1. The quantitative estimate of drug-likeness (QED) is 0.809. The van der Waals surface area contributed by atoms with Crippen LogP contribution < -0.4 is 5.32 Å². The van der Waals surface area contributed by atoms with E-state index in [1.165, 1.54) is 0 Å². The highest BCUT2D eigenvalue weighted by molar-refractivity contribution is 6.31. The van der Waals surface area contributed by atoms with Crippen molar-refractivity contribution in [3.63, 3.8) is 0 Å². The first-order valence-corrected chi connectivity index (χ1v) is 6.35. The molecule has 0 saturated carbocycles. The van der Waals surface area contributed by atoms with Crippen LogP contribution >= 0.6 is 11.6 Å². The van der Waals surface area contributed by atoms with E-state index in [2.05, 4.69) is 17.2 Å². The summed E-state index contributed by atoms with van der Waals surface area (Å²) in [7, 11) is 0. The van der Waals surface area contributed by atoms with Gasteiger partial charge >= 0.3 is 6.09 Å². The summed E-state index contributed by atoms with van der Waals surface area (Å²) < 4.78 is 5.06. The third kappa shape index (κ3) is 5.65. The highest BCUT2D eigenvalue weighted by Crippen LogP contribution is 2.16. The zero-order valence-electron chi connectivity index (χ0n) is 11.6. The molecule has 0 heterocycles. The number of nitriles is 1. The molecule has 1 amide bonds. The van der Waals surface area contributed by atoms with Gasteiger partial charge in [-0.3, -0.25) is 0 Å². The van der Waals surface area contributed by atoms with Gasteiger partial charge in [0.1, 0.15) is 5.60 Å². The maximum Gasteiger partial charge on any atom is 0.408 e. The van der Waals surface area contributed by atoms with Gasteiger partial charge in [0, 0.05) is 5.56 Å². The lowest BCUT2D eigenvalue weighted by Crippen LogP contribution is -2.32. The van der Waals surface area contributed by atoms with Crippen molar-refractivity contribution in [1.29, 1.82) is 5.26 Å². The Bertz CT molecular complexity index is 601. The fourth-order valence-electron chi connectivity index (χ4n) is 1.26. The van der Waals surface area contributed by atoms with Crippen molar-refractivity contribution in [1.82, 2.24) is 5.32 Å². The number of hydrogen-bond donors (Lipinski definition) is 1. The van der Waals surface area contributed by atoms with Gasteiger partial charge in [0.2, 0.25) is 0 Å². The molecular formula is C15H15ClN2O2. The van der Waals surface area contributed by atoms with Crippen molar-refractivity contribution >= 4 is 17.7 Å². The molecule has 1 aromatic carbocycles. The van der Waals surface area contributed by atoms with Crippen LogP contribution in [0.25, 0.3) is 0 Å². The number of amides is 1. The lowest BCUT2D eigenvalue weighted by Gasteiger charge is -2.18. The van der Waals surface area contributed by atoms with Gasteiger partial charge in [0.25, 0.3) is 0 Å². The normalized spacial score (nSPS) is 9.95. The maximum atomic E-state index is 11.4. The summed E-state index contributed by atoms with van der Waals surface area (Å²) in [5, 5.41) is 11.6. The van der Waals surface area contributed by atoms with Gasteiger partial charge in [0.15, 0.2) is 0 Å². The Morgan fingerprint density at radius 2 is 2.15 bits per heavy atom. The minimum absolute atomic E-state index is 0.158. The second kappa shape index (κ2) is 6.84. The summed E-state index contributed by atoms with van der Waals surface area (Å²) in [6, 6.07) is 6.85. The molecule has 1 rings (SSSR count). The van der Waals surface area contributed by atoms with E-state index in [1.54, 1.807) is 39.0 Å². The second-order valence-electron chi connectivity index (χ2n) is 4.96. The molecule has 0 aliphatic carbocycles. The smallest absolute Gasteiger partial charge is 0.408 e. The largest absolute Gasteiger partial charge is 0.444 e. The molecule has 0 aliphatic rings. The van der Waals surface area contributed by atoms with Gasteiger partial charge in [-0.1, -0.05) is 23.4 Å². The van der Waals surface area contributed by atoms with Crippen LogP contribution in [-0.4, -0.2) is 18.2 Å². The monoisotopic (exact) mass is 290 g/mol. The van der Waals surface area contributed by atoms with Crippen molar-refractivity contribution in [3.8, 4) is 17.9 Å². The summed E-state index contributed by atoms with van der Waals surface area (Å²) in [6.45, 7) is 5.52. The predicted octanol–water partition coefficient (Wildman–Crippen LogP) is 3.09. The fourth-order valence-corrected chi connectivity index (χ4v) is 1.48. The molecule has 0 atom stereocenters. The van der Waals surface area contributed by atoms with Crippen LogP contribution in [-0.2, 0) is 4.74 Å². The first kappa shape index (κ1) is 15.9. The molecular weight excluding hydrogens is 276 g/mol. The highest BCUT2D eigenvalue weighted by Gasteiger charge is 2.14. The standard InChI is InChI=1S/C15H15ClN2O2/c1-15(2,3)20-14(19)18-8-4-5-12-7-6-11(10-17)9-13(12)16/h6-7,9H,8H2,1-3H3,(H,18,19). The van der Waals surface area contributed by atoms with E-state index in [-0.39, 0.29) is 6.54 Å². The Morgan fingerprint density at radius 3 is 2.70 bits per heavy atom. The Hall–Kier alpha value is -2.17. The molecule has 0 aliphatic heterocycles. The molecule has 104 valence electrons. The molecule has 0 saturated heterocycles. The molecule has 1 N–H and O–H groups in total. The zero-order chi connectivity index (χ0) is 15.2. The van der Waals surface area contributed by atoms with Gasteiger partial charge in [-0.25, -0.2) is 4.79 Å². The highest BCUT2D eigenvalue weighted by atomic mass is 35.5. The zero-order valence-corrected chi connectivity index (χ0v) is 12.3. The Morgan fingerprint density at radius 1 is 1.45 bits per heavy atom. The van der Waals surface area contributed by atoms with E-state index in [1.807, 2.05) is 6.07 Å². The molecule has 0 bridgehead atoms. The van der Waals surface area contributed by atoms with Crippen molar-refractivity contribution in [3.05, 3.63) is 34.3 Å². The number of benzene rings is 1. The van der Waals surface area contributed by atoms with E-state index in [4.69, 9.17) is 21.6 Å². The molecule has 0 fully saturated rings. The van der Waals surface area contributed by atoms with E-state index in [0.717, 1.165) is 0 Å². The predicted molar refractivity (Wildman–Crippen MR) is 77.3 cm³/mol. The Kier molecular flexibility index (Phi) is 5.43. The third-order valence-electron chi connectivity index (χ3n) is 2.04. The Balaban J connectivity index is 2.56. The summed E-state index contributed by atoms with van der Waals surface area (Å²) in [6.07, 6.45) is -0.516. The van der Waals surface area contributed by atoms with Crippen LogP contribution in [0.5, 0.6) is 0 Å². The number of halogens is 1. The van der Waals surface area contributed by atoms with Crippen molar-refractivity contribution in [2.45, 2.75) is 26.4 Å². The van der Waals surface area contributed by atoms with Gasteiger partial charge in [0.05, 0.1) is 23.2 Å². The lowest BCUT2D eigenvalue weighted by molar-refractivity contribution is 0.0535. The van der Waals surface area contributed by atoms with Gasteiger partial charge in [-0.15, -0.1) is 0 Å². The van der Waals surface area contributed by atoms with Gasteiger partial charge < -0.3 is 10.1 Å². The SMILES string of the molecule is CC(C)(C)OC(=O)NCC#Cc1ccc(C#N)cc1Cl. The first-order chi connectivity index (χ1) is 9.31. The molecule has 0 radical (unpaired) electrons. The first-order valence-electron chi connectivity index (χ1n) is 5.97. The van der Waals surface area contributed by atoms with Crippen LogP contribution in [0.4, 0.5) is 4.79 Å². The summed E-state index contributed by atoms with van der Waals surface area (Å²) in [5.41, 5.74) is 0.553. The molecule has 20 heavy (non-hydrogen) atoms. The third-order valence-corrected chi connectivity index (χ3v) is 2.35. The summed E-state index contributed by atoms with van der Waals surface area (Å²) in [4.78, 5) is 11.4. The van der Waals surface area contributed by atoms with E-state index in [9.17, 15) is 4.79 Å². The molecule has 0 unspecified atom stereocenters. The number of alkyl carbamates (subject to hydrolysis) is 1. The molecule has 0 spiro atoms. The minimum atomic E-state index is -0.534. The minimum Gasteiger partial charge on any atom is -0.444 e. The molecule has 1 aromatic rings. The molecule has 5 heteroatoms. The number of rotatable bonds is 1.